The molecule has 8 nitrogen and oxygen atoms in total. The van der Waals surface area contributed by atoms with Crippen LogP contribution in [-0.2, 0) is 4.79 Å². The number of hydrogen-bond acceptors (Lipinski definition) is 6. The Kier molecular flexibility index (Phi) is 7.03. The van der Waals surface area contributed by atoms with E-state index in [9.17, 15) is 14.7 Å². The zero-order chi connectivity index (χ0) is 20.1. The van der Waals surface area contributed by atoms with E-state index in [4.69, 9.17) is 16.7 Å². The fraction of sp³-hybridized carbons (Fsp3) is 0.474. The van der Waals surface area contributed by atoms with Crippen LogP contribution in [0.5, 0.6) is 0 Å². The highest BCUT2D eigenvalue weighted by Gasteiger charge is 2.35. The normalized spacial score (nSPS) is 21.4. The van der Waals surface area contributed by atoms with E-state index in [0.29, 0.717) is 18.1 Å². The molecule has 0 aromatic heterocycles. The Labute approximate surface area is 169 Å². The summed E-state index contributed by atoms with van der Waals surface area (Å²) in [5.41, 5.74) is 0.924. The quantitative estimate of drug-likeness (QED) is 0.440. The van der Waals surface area contributed by atoms with Crippen molar-refractivity contribution >= 4 is 29.6 Å². The molecule has 1 unspecified atom stereocenters. The molecule has 3 N–H and O–H groups in total. The summed E-state index contributed by atoms with van der Waals surface area (Å²) in [6.07, 6.45) is 0.762. The third kappa shape index (κ3) is 5.30. The minimum atomic E-state index is -0.825. The van der Waals surface area contributed by atoms with Crippen LogP contribution in [0, 0.1) is 0 Å². The highest BCUT2D eigenvalue weighted by Crippen LogP contribution is 2.16. The number of carbonyl (C=O) groups is 2. The third-order valence-electron chi connectivity index (χ3n) is 4.89. The summed E-state index contributed by atoms with van der Waals surface area (Å²) in [5, 5.41) is 22.5. The van der Waals surface area contributed by atoms with E-state index in [-0.39, 0.29) is 18.8 Å². The number of amides is 3. The summed E-state index contributed by atoms with van der Waals surface area (Å²) in [7, 11) is 0. The molecule has 1 atom stereocenters. The van der Waals surface area contributed by atoms with E-state index in [1.165, 1.54) is 0 Å². The Morgan fingerprint density at radius 1 is 1.07 bits per heavy atom. The second-order valence-corrected chi connectivity index (χ2v) is 7.41. The molecule has 3 rings (SSSR count). The molecule has 152 valence electrons. The maximum absolute atomic E-state index is 12.5. The van der Waals surface area contributed by atoms with Crippen molar-refractivity contribution in [2.24, 2.45) is 0 Å². The number of urea groups is 1. The van der Waals surface area contributed by atoms with Gasteiger partial charge in [0.15, 0.2) is 0 Å². The van der Waals surface area contributed by atoms with Gasteiger partial charge < -0.3 is 15.5 Å². The van der Waals surface area contributed by atoms with Crippen LogP contribution in [-0.4, -0.2) is 95.4 Å². The van der Waals surface area contributed by atoms with Crippen molar-refractivity contribution in [3.05, 3.63) is 40.5 Å². The number of β-amino-alcohol motifs (C(OH)–C–C–N with tert-alkyl or cyclic N) is 2. The summed E-state index contributed by atoms with van der Waals surface area (Å²) in [5.74, 6) is -0.452. The van der Waals surface area contributed by atoms with Crippen LogP contribution in [0.25, 0.3) is 6.08 Å². The summed E-state index contributed by atoms with van der Waals surface area (Å²) < 4.78 is 0. The molecule has 1 aromatic carbocycles. The van der Waals surface area contributed by atoms with Crippen molar-refractivity contribution < 1.29 is 19.8 Å². The third-order valence-corrected chi connectivity index (χ3v) is 5.14. The van der Waals surface area contributed by atoms with Crippen molar-refractivity contribution in [3.8, 4) is 0 Å². The largest absolute Gasteiger partial charge is 0.395 e. The molecule has 2 saturated heterocycles. The van der Waals surface area contributed by atoms with E-state index >= 15 is 0 Å². The lowest BCUT2D eigenvalue weighted by Gasteiger charge is -2.35. The van der Waals surface area contributed by atoms with Crippen LogP contribution in [0.4, 0.5) is 4.79 Å². The van der Waals surface area contributed by atoms with Crippen LogP contribution in [0.1, 0.15) is 5.56 Å². The zero-order valence-electron chi connectivity index (χ0n) is 15.6. The van der Waals surface area contributed by atoms with Crippen molar-refractivity contribution in [3.63, 3.8) is 0 Å². The van der Waals surface area contributed by atoms with Gasteiger partial charge in [0, 0.05) is 44.3 Å². The first-order valence-corrected chi connectivity index (χ1v) is 9.68. The molecule has 0 spiro atoms. The second-order valence-electron chi connectivity index (χ2n) is 6.98. The van der Waals surface area contributed by atoms with Crippen LogP contribution in [0.2, 0.25) is 5.02 Å². The standard InChI is InChI=1S/C19H25ClN4O4/c20-15-3-1-14(2-4-15)11-17-18(27)24(19(28)21-17)13-16(26)12-23-7-5-22(6-8-23)9-10-25/h1-4,11,16,25-26H,5-10,12-13H2,(H,21,28)/b17-11-. The van der Waals surface area contributed by atoms with Gasteiger partial charge in [0.05, 0.1) is 19.3 Å². The van der Waals surface area contributed by atoms with Gasteiger partial charge >= 0.3 is 6.03 Å². The van der Waals surface area contributed by atoms with E-state index in [1.807, 2.05) is 0 Å². The van der Waals surface area contributed by atoms with Crippen LogP contribution in [0.3, 0.4) is 0 Å². The molecule has 2 fully saturated rings. The minimum Gasteiger partial charge on any atom is -0.395 e. The number of aliphatic hydroxyl groups is 2. The van der Waals surface area contributed by atoms with Crippen molar-refractivity contribution in [1.29, 1.82) is 0 Å². The number of nitrogens with zero attached hydrogens (tertiary/aromatic N) is 3. The van der Waals surface area contributed by atoms with Gasteiger partial charge in [-0.3, -0.25) is 19.5 Å². The molecule has 0 saturated carbocycles. The van der Waals surface area contributed by atoms with Gasteiger partial charge in [-0.15, -0.1) is 0 Å². The molecular weight excluding hydrogens is 384 g/mol. The lowest BCUT2D eigenvalue weighted by Crippen LogP contribution is -2.50. The van der Waals surface area contributed by atoms with E-state index < -0.39 is 18.0 Å². The van der Waals surface area contributed by atoms with Gasteiger partial charge in [-0.25, -0.2) is 4.79 Å². The lowest BCUT2D eigenvalue weighted by atomic mass is 10.2. The summed E-state index contributed by atoms with van der Waals surface area (Å²) in [4.78, 5) is 30.0. The fourth-order valence-corrected chi connectivity index (χ4v) is 3.49. The zero-order valence-corrected chi connectivity index (χ0v) is 16.3. The number of piperazine rings is 1. The molecule has 2 aliphatic heterocycles. The Morgan fingerprint density at radius 2 is 1.71 bits per heavy atom. The molecule has 2 heterocycles. The first-order chi connectivity index (χ1) is 13.5. The average molecular weight is 409 g/mol. The molecule has 0 bridgehead atoms. The van der Waals surface area contributed by atoms with Gasteiger partial charge in [-0.05, 0) is 23.8 Å². The molecule has 1 aromatic rings. The summed E-state index contributed by atoms with van der Waals surface area (Å²) in [6, 6.07) is 6.39. The number of carbonyl (C=O) groups excluding carboxylic acids is 2. The first kappa shape index (κ1) is 20.8. The lowest BCUT2D eigenvalue weighted by molar-refractivity contribution is -0.124. The van der Waals surface area contributed by atoms with Crippen molar-refractivity contribution in [2.75, 3.05) is 52.4 Å². The topological polar surface area (TPSA) is 96.3 Å². The number of rotatable bonds is 7. The number of imide groups is 1. The number of hydrogen-bond donors (Lipinski definition) is 3. The average Bonchev–Trinajstić information content (AvgIpc) is 2.93. The molecule has 2 aliphatic rings. The molecule has 9 heteroatoms. The van der Waals surface area contributed by atoms with Gasteiger partial charge in [-0.1, -0.05) is 23.7 Å². The van der Waals surface area contributed by atoms with Crippen LogP contribution in [0.15, 0.2) is 30.0 Å². The van der Waals surface area contributed by atoms with E-state index in [1.54, 1.807) is 30.3 Å². The van der Waals surface area contributed by atoms with Gasteiger partial charge in [0.2, 0.25) is 0 Å². The highest BCUT2D eigenvalue weighted by atomic mass is 35.5. The second kappa shape index (κ2) is 9.49. The molecular formula is C19H25ClN4O4. The minimum absolute atomic E-state index is 0.0561. The van der Waals surface area contributed by atoms with Gasteiger partial charge in [0.1, 0.15) is 5.70 Å². The molecule has 3 amide bonds. The van der Waals surface area contributed by atoms with E-state index in [0.717, 1.165) is 36.6 Å². The predicted octanol–water partition coefficient (Wildman–Crippen LogP) is 0.203. The first-order valence-electron chi connectivity index (χ1n) is 9.30. The number of halogens is 1. The van der Waals surface area contributed by atoms with Crippen LogP contribution < -0.4 is 5.32 Å². The molecule has 28 heavy (non-hydrogen) atoms. The Bertz CT molecular complexity index is 732. The Morgan fingerprint density at radius 3 is 2.36 bits per heavy atom. The van der Waals surface area contributed by atoms with E-state index in [2.05, 4.69) is 15.1 Å². The fourth-order valence-electron chi connectivity index (χ4n) is 3.37. The smallest absolute Gasteiger partial charge is 0.329 e. The number of aliphatic hydroxyl groups excluding tert-OH is 2. The molecule has 0 aliphatic carbocycles. The predicted molar refractivity (Wildman–Crippen MR) is 106 cm³/mol. The summed E-state index contributed by atoms with van der Waals surface area (Å²) >= 11 is 5.85. The van der Waals surface area contributed by atoms with Gasteiger partial charge in [-0.2, -0.15) is 0 Å². The Hall–Kier alpha value is -1.97. The van der Waals surface area contributed by atoms with Gasteiger partial charge in [0.25, 0.3) is 5.91 Å². The maximum Gasteiger partial charge on any atom is 0.329 e. The monoisotopic (exact) mass is 408 g/mol. The SMILES string of the molecule is O=C1N/C(=C\c2ccc(Cl)cc2)C(=O)N1CC(O)CN1CCN(CCO)CC1. The highest BCUT2D eigenvalue weighted by molar-refractivity contribution is 6.30. The number of benzene rings is 1. The van der Waals surface area contributed by atoms with Crippen LogP contribution >= 0.6 is 11.6 Å². The van der Waals surface area contributed by atoms with Crippen molar-refractivity contribution in [2.45, 2.75) is 6.10 Å². The Balaban J connectivity index is 1.53. The van der Waals surface area contributed by atoms with Crippen molar-refractivity contribution in [1.82, 2.24) is 20.0 Å². The summed E-state index contributed by atoms with van der Waals surface area (Å²) in [6.45, 7) is 4.33. The maximum atomic E-state index is 12.5. The number of nitrogens with one attached hydrogen (secondary N) is 1. The molecule has 0 radical (unpaired) electrons.